The van der Waals surface area contributed by atoms with Gasteiger partial charge in [-0.15, -0.1) is 0 Å². The summed E-state index contributed by atoms with van der Waals surface area (Å²) < 4.78 is 16.4. The van der Waals surface area contributed by atoms with E-state index in [2.05, 4.69) is 0 Å². The van der Waals surface area contributed by atoms with E-state index < -0.39 is 17.2 Å². The van der Waals surface area contributed by atoms with Crippen molar-refractivity contribution in [2.24, 2.45) is 5.73 Å². The second-order valence-electron chi connectivity index (χ2n) is 6.10. The number of nitrogens with two attached hydrogens (primary N) is 1. The number of benzene rings is 1. The Kier molecular flexibility index (Phi) is 4.82. The molecular formula is C17H19FN4O3S. The second-order valence-corrected chi connectivity index (χ2v) is 6.51. The van der Waals surface area contributed by atoms with Gasteiger partial charge in [-0.1, -0.05) is 0 Å². The number of anilines is 1. The van der Waals surface area contributed by atoms with Gasteiger partial charge in [0.15, 0.2) is 5.11 Å². The maximum Gasteiger partial charge on any atom is 0.341 e. The fraction of sp³-hybridized carbons (Fsp3) is 0.353. The van der Waals surface area contributed by atoms with Crippen LogP contribution in [0.4, 0.5) is 10.1 Å². The van der Waals surface area contributed by atoms with Crippen LogP contribution in [0.25, 0.3) is 10.9 Å². The summed E-state index contributed by atoms with van der Waals surface area (Å²) in [6.45, 7) is 4.56. The minimum Gasteiger partial charge on any atom is -0.477 e. The summed E-state index contributed by atoms with van der Waals surface area (Å²) in [5, 5.41) is 9.59. The molecule has 0 spiro atoms. The normalized spacial score (nSPS) is 14.7. The molecule has 2 aromatic rings. The van der Waals surface area contributed by atoms with Gasteiger partial charge in [-0.25, -0.2) is 9.18 Å². The molecule has 1 aliphatic heterocycles. The first kappa shape index (κ1) is 18.1. The smallest absolute Gasteiger partial charge is 0.341 e. The Morgan fingerprint density at radius 2 is 1.96 bits per heavy atom. The van der Waals surface area contributed by atoms with Gasteiger partial charge in [0.05, 0.1) is 11.2 Å². The Morgan fingerprint density at radius 1 is 1.31 bits per heavy atom. The maximum absolute atomic E-state index is 14.7. The summed E-state index contributed by atoms with van der Waals surface area (Å²) in [6.07, 6.45) is 1.31. The predicted molar refractivity (Wildman–Crippen MR) is 101 cm³/mol. The molecule has 3 rings (SSSR count). The van der Waals surface area contributed by atoms with E-state index in [0.29, 0.717) is 49.0 Å². The van der Waals surface area contributed by atoms with Crippen molar-refractivity contribution in [2.45, 2.75) is 13.5 Å². The van der Waals surface area contributed by atoms with Crippen LogP contribution >= 0.6 is 12.2 Å². The van der Waals surface area contributed by atoms with Crippen LogP contribution < -0.4 is 16.1 Å². The summed E-state index contributed by atoms with van der Waals surface area (Å²) >= 11 is 4.97. The van der Waals surface area contributed by atoms with Crippen molar-refractivity contribution >= 4 is 39.9 Å². The maximum atomic E-state index is 14.7. The van der Waals surface area contributed by atoms with Crippen molar-refractivity contribution in [3.8, 4) is 0 Å². The zero-order chi connectivity index (χ0) is 19.0. The van der Waals surface area contributed by atoms with Crippen LogP contribution in [0.2, 0.25) is 0 Å². The third-order valence-electron chi connectivity index (χ3n) is 4.65. The van der Waals surface area contributed by atoms with Crippen LogP contribution in [0.5, 0.6) is 0 Å². The number of carboxylic acid groups (broad SMARTS) is 1. The number of rotatable bonds is 3. The van der Waals surface area contributed by atoms with Crippen molar-refractivity contribution in [1.29, 1.82) is 0 Å². The van der Waals surface area contributed by atoms with E-state index in [9.17, 15) is 19.1 Å². The number of carbonyl (C=O) groups is 1. The van der Waals surface area contributed by atoms with E-state index >= 15 is 0 Å². The van der Waals surface area contributed by atoms with Gasteiger partial charge in [0, 0.05) is 44.3 Å². The third-order valence-corrected chi connectivity index (χ3v) is 4.91. The van der Waals surface area contributed by atoms with Crippen molar-refractivity contribution < 1.29 is 14.3 Å². The SMILES string of the molecule is CCn1cc(C(=O)O)c(=O)c2cc(F)c(N3CCN(C(N)=S)CC3)cc21. The van der Waals surface area contributed by atoms with Crippen LogP contribution in [0.1, 0.15) is 17.3 Å². The zero-order valence-electron chi connectivity index (χ0n) is 14.2. The number of halogens is 1. The lowest BCUT2D eigenvalue weighted by molar-refractivity contribution is 0.0695. The van der Waals surface area contributed by atoms with Crippen LogP contribution in [0.3, 0.4) is 0 Å². The van der Waals surface area contributed by atoms with Gasteiger partial charge in [-0.3, -0.25) is 4.79 Å². The Labute approximate surface area is 154 Å². The molecule has 2 heterocycles. The van der Waals surface area contributed by atoms with Crippen molar-refractivity contribution in [1.82, 2.24) is 9.47 Å². The summed E-state index contributed by atoms with van der Waals surface area (Å²) in [5.41, 5.74) is 5.47. The largest absolute Gasteiger partial charge is 0.477 e. The first-order valence-electron chi connectivity index (χ1n) is 8.22. The van der Waals surface area contributed by atoms with Gasteiger partial charge >= 0.3 is 5.97 Å². The predicted octanol–water partition coefficient (Wildman–Crippen LogP) is 1.22. The molecule has 0 saturated carbocycles. The first-order chi connectivity index (χ1) is 12.3. The van der Waals surface area contributed by atoms with Gasteiger partial charge in [-0.05, 0) is 31.3 Å². The highest BCUT2D eigenvalue weighted by molar-refractivity contribution is 7.80. The summed E-state index contributed by atoms with van der Waals surface area (Å²) in [7, 11) is 0. The van der Waals surface area contributed by atoms with Gasteiger partial charge < -0.3 is 25.2 Å². The molecule has 0 bridgehead atoms. The Bertz CT molecular complexity index is 951. The van der Waals surface area contributed by atoms with Crippen LogP contribution in [0.15, 0.2) is 23.1 Å². The van der Waals surface area contributed by atoms with Crippen LogP contribution in [-0.4, -0.2) is 51.8 Å². The number of nitrogens with zero attached hydrogens (tertiary/aromatic N) is 3. The molecule has 3 N–H and O–H groups in total. The summed E-state index contributed by atoms with van der Waals surface area (Å²) in [6, 6.07) is 2.74. The Balaban J connectivity index is 2.08. The third kappa shape index (κ3) is 3.10. The number of thiocarbonyl (C=S) groups is 1. The average Bonchev–Trinajstić information content (AvgIpc) is 2.62. The van der Waals surface area contributed by atoms with Gasteiger partial charge in [-0.2, -0.15) is 0 Å². The number of aryl methyl sites for hydroxylation is 1. The molecule has 7 nitrogen and oxygen atoms in total. The van der Waals surface area contributed by atoms with Crippen LogP contribution in [-0.2, 0) is 6.54 Å². The van der Waals surface area contributed by atoms with E-state index in [1.165, 1.54) is 6.20 Å². The number of hydrogen-bond donors (Lipinski definition) is 2. The average molecular weight is 378 g/mol. The molecule has 0 atom stereocenters. The number of pyridine rings is 1. The molecule has 0 aliphatic carbocycles. The number of hydrogen-bond acceptors (Lipinski definition) is 4. The molecule has 1 saturated heterocycles. The molecule has 26 heavy (non-hydrogen) atoms. The van der Waals surface area contributed by atoms with E-state index in [0.717, 1.165) is 6.07 Å². The fourth-order valence-electron chi connectivity index (χ4n) is 3.22. The van der Waals surface area contributed by atoms with Crippen molar-refractivity contribution in [2.75, 3.05) is 31.1 Å². The minimum atomic E-state index is -1.32. The van der Waals surface area contributed by atoms with Gasteiger partial charge in [0.1, 0.15) is 11.4 Å². The number of aromatic nitrogens is 1. The second kappa shape index (κ2) is 6.91. The number of piperazine rings is 1. The van der Waals surface area contributed by atoms with Crippen molar-refractivity contribution in [3.05, 3.63) is 39.9 Å². The molecule has 9 heteroatoms. The fourth-order valence-corrected chi connectivity index (χ4v) is 3.41. The lowest BCUT2D eigenvalue weighted by Gasteiger charge is -2.36. The molecule has 0 unspecified atom stereocenters. The highest BCUT2D eigenvalue weighted by Crippen LogP contribution is 2.26. The van der Waals surface area contributed by atoms with E-state index in [1.807, 2.05) is 16.7 Å². The molecule has 0 radical (unpaired) electrons. The van der Waals surface area contributed by atoms with E-state index in [4.69, 9.17) is 18.0 Å². The molecular weight excluding hydrogens is 359 g/mol. The molecule has 1 aliphatic rings. The van der Waals surface area contributed by atoms with Crippen LogP contribution in [0, 0.1) is 5.82 Å². The monoisotopic (exact) mass is 378 g/mol. The molecule has 138 valence electrons. The lowest BCUT2D eigenvalue weighted by atomic mass is 10.1. The summed E-state index contributed by atoms with van der Waals surface area (Å²) in [4.78, 5) is 27.4. The Hall–Kier alpha value is -2.68. The number of fused-ring (bicyclic) bond motifs is 1. The zero-order valence-corrected chi connectivity index (χ0v) is 15.1. The molecule has 0 amide bonds. The standard InChI is InChI=1S/C17H19FN4O3S/c1-2-20-9-11(16(24)25)15(23)10-7-12(18)14(8-13(10)20)21-3-5-22(6-4-21)17(19)26/h7-9H,2-6H2,1H3,(H2,19,26)(H,24,25). The van der Waals surface area contributed by atoms with Gasteiger partial charge in [0.25, 0.3) is 0 Å². The molecule has 1 aromatic carbocycles. The molecule has 1 aromatic heterocycles. The lowest BCUT2D eigenvalue weighted by Crippen LogP contribution is -2.50. The van der Waals surface area contributed by atoms with Gasteiger partial charge in [0.2, 0.25) is 5.43 Å². The van der Waals surface area contributed by atoms with E-state index in [1.54, 1.807) is 10.6 Å². The summed E-state index contributed by atoms with van der Waals surface area (Å²) in [5.74, 6) is -1.87. The van der Waals surface area contributed by atoms with E-state index in [-0.39, 0.29) is 10.9 Å². The topological polar surface area (TPSA) is 91.8 Å². The minimum absolute atomic E-state index is 0.0646. The first-order valence-corrected chi connectivity index (χ1v) is 8.63. The highest BCUT2D eigenvalue weighted by atomic mass is 32.1. The number of aromatic carboxylic acids is 1. The quantitative estimate of drug-likeness (QED) is 0.776. The highest BCUT2D eigenvalue weighted by Gasteiger charge is 2.22. The number of carboxylic acids is 1. The Morgan fingerprint density at radius 3 is 2.50 bits per heavy atom. The molecule has 1 fully saturated rings. The van der Waals surface area contributed by atoms with Crippen molar-refractivity contribution in [3.63, 3.8) is 0 Å².